The maximum atomic E-state index is 14.2. The van der Waals surface area contributed by atoms with Crippen LogP contribution in [0.1, 0.15) is 52.4 Å². The second-order valence-corrected chi connectivity index (χ2v) is 16.3. The van der Waals surface area contributed by atoms with Crippen molar-refractivity contribution in [2.24, 2.45) is 0 Å². The number of nitrogens with one attached hydrogen (secondary N) is 5. The van der Waals surface area contributed by atoms with Gasteiger partial charge < -0.3 is 36.1 Å². The fraction of sp³-hybridized carbons (Fsp3) is 0.286. The summed E-state index contributed by atoms with van der Waals surface area (Å²) in [5.74, 6) is -3.31. The predicted octanol–water partition coefficient (Wildman–Crippen LogP) is 5.84. The Morgan fingerprint density at radius 1 is 0.983 bits per heavy atom. The molecule has 0 saturated carbocycles. The molecule has 18 heteroatoms. The second-order valence-electron chi connectivity index (χ2n) is 14.4. The molecule has 5 aromatic rings. The number of sulfone groups is 1. The van der Waals surface area contributed by atoms with Gasteiger partial charge in [0.05, 0.1) is 40.0 Å². The number of carbonyl (C=O) groups excluding carboxylic acids is 3. The summed E-state index contributed by atoms with van der Waals surface area (Å²) in [4.78, 5) is 40.7. The first kappa shape index (κ1) is 43.3. The minimum absolute atomic E-state index is 0.147. The van der Waals surface area contributed by atoms with Crippen LogP contribution in [0, 0.1) is 17.1 Å². The number of halogens is 4. The van der Waals surface area contributed by atoms with Crippen LogP contribution in [0.15, 0.2) is 83.8 Å². The van der Waals surface area contributed by atoms with E-state index in [0.29, 0.717) is 61.9 Å². The van der Waals surface area contributed by atoms with Crippen molar-refractivity contribution in [2.75, 3.05) is 42.7 Å². The highest BCUT2D eigenvalue weighted by atomic mass is 32.2. The Kier molecular flexibility index (Phi) is 12.9. The smallest absolute Gasteiger partial charge is 0.385 e. The van der Waals surface area contributed by atoms with E-state index in [4.69, 9.17) is 10.00 Å². The summed E-state index contributed by atoms with van der Waals surface area (Å²) in [6, 6.07) is 19.6. The van der Waals surface area contributed by atoms with Crippen LogP contribution in [0.2, 0.25) is 0 Å². The molecule has 1 aliphatic heterocycles. The maximum absolute atomic E-state index is 14.2. The summed E-state index contributed by atoms with van der Waals surface area (Å²) in [5, 5.41) is 31.3. The number of anilines is 2. The van der Waals surface area contributed by atoms with Crippen LogP contribution >= 0.6 is 0 Å². The number of carbonyl (C=O) groups is 3. The molecule has 0 aliphatic carbocycles. The normalized spacial score (nSPS) is 13.8. The zero-order valence-corrected chi connectivity index (χ0v) is 33.0. The average molecular weight is 849 g/mol. The molecule has 0 saturated heterocycles. The van der Waals surface area contributed by atoms with Gasteiger partial charge in [0.1, 0.15) is 5.82 Å². The maximum Gasteiger partial charge on any atom is 0.417 e. The number of H-pyrrole nitrogens is 1. The van der Waals surface area contributed by atoms with Gasteiger partial charge in [-0.25, -0.2) is 12.8 Å². The highest BCUT2D eigenvalue weighted by molar-refractivity contribution is 7.91. The Morgan fingerprint density at radius 2 is 1.70 bits per heavy atom. The number of nitriles is 1. The zero-order chi connectivity index (χ0) is 43.2. The predicted molar refractivity (Wildman–Crippen MR) is 214 cm³/mol. The minimum atomic E-state index is -4.89. The monoisotopic (exact) mass is 848 g/mol. The number of alkyl halides is 3. The van der Waals surface area contributed by atoms with Gasteiger partial charge in [0.2, 0.25) is 5.91 Å². The summed E-state index contributed by atoms with van der Waals surface area (Å²) in [6.45, 7) is 2.67. The van der Waals surface area contributed by atoms with Crippen LogP contribution in [0.3, 0.4) is 0 Å². The Hall–Kier alpha value is -6.29. The molecular weight excluding hydrogens is 809 g/mol. The summed E-state index contributed by atoms with van der Waals surface area (Å²) >= 11 is 0. The molecule has 0 radical (unpaired) electrons. The number of ether oxygens (including phenoxy) is 1. The molecule has 6 N–H and O–H groups in total. The zero-order valence-electron chi connectivity index (χ0n) is 32.1. The molecule has 13 nitrogen and oxygen atoms in total. The molecule has 314 valence electrons. The van der Waals surface area contributed by atoms with Crippen molar-refractivity contribution in [2.45, 2.75) is 49.4 Å². The van der Waals surface area contributed by atoms with Gasteiger partial charge in [-0.15, -0.1) is 0 Å². The van der Waals surface area contributed by atoms with E-state index in [2.05, 4.69) is 26.3 Å². The number of benzene rings is 4. The van der Waals surface area contributed by atoms with E-state index in [9.17, 15) is 45.5 Å². The molecule has 1 aromatic heterocycles. The van der Waals surface area contributed by atoms with E-state index in [-0.39, 0.29) is 35.4 Å². The first-order valence-electron chi connectivity index (χ1n) is 18.7. The molecule has 3 amide bonds. The van der Waals surface area contributed by atoms with Gasteiger partial charge in [-0.05, 0) is 91.1 Å². The number of rotatable bonds is 16. The largest absolute Gasteiger partial charge is 0.417 e. The van der Waals surface area contributed by atoms with Crippen molar-refractivity contribution < 1.29 is 50.2 Å². The fourth-order valence-electron chi connectivity index (χ4n) is 6.71. The third kappa shape index (κ3) is 10.3. The first-order valence-corrected chi connectivity index (χ1v) is 20.4. The molecule has 1 atom stereocenters. The SMILES string of the molecule is CC(O)(CS(=O)(=O)c1ccc(NCCCOCCC(=O)NCc2ccc(-c3[nH]c4cc(F)cc5c4c3CCNC5=O)cc2)cc1)C(=O)Nc1ccc(C#N)c(C(F)(F)F)c1. The Morgan fingerprint density at radius 3 is 2.40 bits per heavy atom. The van der Waals surface area contributed by atoms with E-state index in [1.54, 1.807) is 0 Å². The quantitative estimate of drug-likeness (QED) is 0.0521. The van der Waals surface area contributed by atoms with Gasteiger partial charge in [-0.2, -0.15) is 18.4 Å². The highest BCUT2D eigenvalue weighted by Crippen LogP contribution is 2.36. The Labute approximate surface area is 342 Å². The molecule has 2 heterocycles. The Bertz CT molecular complexity index is 2570. The molecule has 1 unspecified atom stereocenters. The average Bonchev–Trinajstić information content (AvgIpc) is 3.47. The lowest BCUT2D eigenvalue weighted by Gasteiger charge is -2.22. The van der Waals surface area contributed by atoms with Crippen molar-refractivity contribution in [3.8, 4) is 17.3 Å². The highest BCUT2D eigenvalue weighted by Gasteiger charge is 2.38. The van der Waals surface area contributed by atoms with Crippen molar-refractivity contribution in [3.05, 3.63) is 112 Å². The first-order chi connectivity index (χ1) is 28.4. The number of hydrogen-bond acceptors (Lipinski definition) is 9. The second kappa shape index (κ2) is 17.9. The molecule has 6 rings (SSSR count). The summed E-state index contributed by atoms with van der Waals surface area (Å²) in [6.07, 6.45) is -3.58. The van der Waals surface area contributed by atoms with Crippen molar-refractivity contribution in [3.63, 3.8) is 0 Å². The standard InChI is InChI=1S/C42H40F4N6O7S/c1-41(56,40(55)51-30-8-7-27(22-47)34(21-30)42(44,45)46)24-60(57,58)31-11-9-29(10-12-31)48-15-2-17-59-18-14-36(53)50-23-25-3-5-26(6-4-25)38-32-13-16-49-39(54)33-19-28(43)20-35(52-38)37(32)33/h3-12,19-21,48,52,56H,2,13-18,23-24H2,1H3,(H,49,54)(H,50,53)(H,51,55). The van der Waals surface area contributed by atoms with Gasteiger partial charge in [-0.1, -0.05) is 24.3 Å². The molecule has 0 fully saturated rings. The van der Waals surface area contributed by atoms with Gasteiger partial charge in [0, 0.05) is 60.6 Å². The topological polar surface area (TPSA) is 203 Å². The molecule has 1 aliphatic rings. The van der Waals surface area contributed by atoms with Gasteiger partial charge in [0.15, 0.2) is 15.4 Å². The number of aliphatic hydroxyl groups is 1. The molecule has 0 spiro atoms. The van der Waals surface area contributed by atoms with Crippen LogP contribution in [0.25, 0.3) is 22.2 Å². The number of aromatic nitrogens is 1. The van der Waals surface area contributed by atoms with E-state index in [0.717, 1.165) is 46.8 Å². The lowest BCUT2D eigenvalue weighted by Crippen LogP contribution is -2.45. The molecular formula is C42H40F4N6O7S. The van der Waals surface area contributed by atoms with Gasteiger partial charge in [-0.3, -0.25) is 14.4 Å². The summed E-state index contributed by atoms with van der Waals surface area (Å²) < 4.78 is 85.8. The molecule has 0 bridgehead atoms. The summed E-state index contributed by atoms with van der Waals surface area (Å²) in [7, 11) is -4.23. The van der Waals surface area contributed by atoms with Crippen LogP contribution in [0.5, 0.6) is 0 Å². The van der Waals surface area contributed by atoms with Crippen LogP contribution in [0.4, 0.5) is 28.9 Å². The van der Waals surface area contributed by atoms with E-state index >= 15 is 0 Å². The third-order valence-corrected chi connectivity index (χ3v) is 11.7. The van der Waals surface area contributed by atoms with Gasteiger partial charge in [0.25, 0.3) is 11.8 Å². The van der Waals surface area contributed by atoms with E-state index in [1.165, 1.54) is 42.5 Å². The minimum Gasteiger partial charge on any atom is -0.385 e. The van der Waals surface area contributed by atoms with E-state index in [1.807, 2.05) is 24.3 Å². The van der Waals surface area contributed by atoms with E-state index < -0.39 is 50.2 Å². The molecule has 4 aromatic carbocycles. The van der Waals surface area contributed by atoms with Gasteiger partial charge >= 0.3 is 6.18 Å². The van der Waals surface area contributed by atoms with Crippen LogP contribution in [-0.2, 0) is 43.3 Å². The Balaban J connectivity index is 0.889. The third-order valence-electron chi connectivity index (χ3n) is 9.75. The van der Waals surface area contributed by atoms with Crippen molar-refractivity contribution >= 4 is 49.8 Å². The van der Waals surface area contributed by atoms with Crippen molar-refractivity contribution in [1.29, 1.82) is 5.26 Å². The number of amides is 3. The lowest BCUT2D eigenvalue weighted by atomic mass is 9.99. The van der Waals surface area contributed by atoms with Crippen molar-refractivity contribution in [1.82, 2.24) is 15.6 Å². The lowest BCUT2D eigenvalue weighted by molar-refractivity contribution is -0.138. The summed E-state index contributed by atoms with van der Waals surface area (Å²) in [5.41, 5.74) is 0.0820. The number of hydrogen-bond donors (Lipinski definition) is 6. The fourth-order valence-corrected chi connectivity index (χ4v) is 8.30. The van der Waals surface area contributed by atoms with Crippen LogP contribution < -0.4 is 21.3 Å². The number of nitrogens with zero attached hydrogens (tertiary/aromatic N) is 1. The van der Waals surface area contributed by atoms with Crippen LogP contribution in [-0.4, -0.2) is 73.9 Å². The molecule has 60 heavy (non-hydrogen) atoms. The number of aromatic amines is 1.